The number of nitrogen functional groups attached to an aromatic ring is 1. The summed E-state index contributed by atoms with van der Waals surface area (Å²) in [6.07, 6.45) is 0.917. The van der Waals surface area contributed by atoms with Crippen molar-refractivity contribution in [1.82, 2.24) is 9.97 Å². The molecule has 0 aliphatic carbocycles. The topological polar surface area (TPSA) is 126 Å². The fourth-order valence-electron chi connectivity index (χ4n) is 3.13. The minimum Gasteiger partial charge on any atom is -0.496 e. The van der Waals surface area contributed by atoms with E-state index in [1.54, 1.807) is 12.1 Å². The Hall–Kier alpha value is -4.41. The summed E-state index contributed by atoms with van der Waals surface area (Å²) < 4.78 is 35.0. The molecule has 2 aromatic carbocycles. The number of hydrogen-bond acceptors (Lipinski definition) is 10. The van der Waals surface area contributed by atoms with Gasteiger partial charge in [0.15, 0.2) is 11.6 Å². The first-order valence-corrected chi connectivity index (χ1v) is 9.45. The maximum Gasteiger partial charge on any atom is 0.341 e. The van der Waals surface area contributed by atoms with Gasteiger partial charge in [0, 0.05) is 11.4 Å². The van der Waals surface area contributed by atoms with E-state index in [1.165, 1.54) is 57.6 Å². The highest BCUT2D eigenvalue weighted by molar-refractivity contribution is 5.96. The average molecular weight is 456 g/mol. The van der Waals surface area contributed by atoms with Crippen LogP contribution >= 0.6 is 0 Å². The van der Waals surface area contributed by atoms with E-state index in [1.807, 2.05) is 0 Å². The Bertz CT molecular complexity index is 1140. The lowest BCUT2D eigenvalue weighted by atomic mass is 10.1. The van der Waals surface area contributed by atoms with E-state index >= 15 is 0 Å². The SMILES string of the molecule is COC(=O)c1cc(N(c2ccc(OC)c(C(=O)OC)c2)c2nc(N)ncc2F)ccc1OC. The minimum absolute atomic E-state index is 0.0895. The molecular formula is C22H21FN4O6. The van der Waals surface area contributed by atoms with Crippen LogP contribution in [0.15, 0.2) is 42.6 Å². The van der Waals surface area contributed by atoms with Crippen molar-refractivity contribution < 1.29 is 32.9 Å². The van der Waals surface area contributed by atoms with Crippen molar-refractivity contribution >= 4 is 35.1 Å². The number of esters is 2. The van der Waals surface area contributed by atoms with E-state index in [0.717, 1.165) is 6.20 Å². The molecule has 2 N–H and O–H groups in total. The molecule has 3 aromatic rings. The lowest BCUT2D eigenvalue weighted by Crippen LogP contribution is -2.17. The summed E-state index contributed by atoms with van der Waals surface area (Å²) in [4.78, 5) is 33.7. The van der Waals surface area contributed by atoms with Gasteiger partial charge in [0.05, 0.1) is 34.6 Å². The number of carbonyl (C=O) groups excluding carboxylic acids is 2. The van der Waals surface area contributed by atoms with Gasteiger partial charge in [-0.25, -0.2) is 19.0 Å². The Morgan fingerprint density at radius 3 is 1.79 bits per heavy atom. The van der Waals surface area contributed by atoms with Gasteiger partial charge >= 0.3 is 11.9 Å². The molecule has 0 saturated carbocycles. The van der Waals surface area contributed by atoms with Crippen molar-refractivity contribution in [3.8, 4) is 11.5 Å². The second kappa shape index (κ2) is 9.81. The first kappa shape index (κ1) is 23.3. The molecule has 10 nitrogen and oxygen atoms in total. The molecule has 11 heteroatoms. The van der Waals surface area contributed by atoms with Crippen molar-refractivity contribution in [3.05, 3.63) is 59.5 Å². The quantitative estimate of drug-likeness (QED) is 0.529. The summed E-state index contributed by atoms with van der Waals surface area (Å²) in [6, 6.07) is 9.05. The Kier molecular flexibility index (Phi) is 6.91. The standard InChI is InChI=1S/C22H21FN4O6/c1-30-17-7-5-12(9-14(17)20(28)32-3)27(19-16(23)11-25-22(24)26-19)13-6-8-18(31-2)15(10-13)21(29)33-4/h5-11H,1-4H3,(H2,24,25,26). The molecule has 0 radical (unpaired) electrons. The Morgan fingerprint density at radius 1 is 0.879 bits per heavy atom. The third kappa shape index (κ3) is 4.61. The van der Waals surface area contributed by atoms with E-state index in [0.29, 0.717) is 11.4 Å². The molecule has 0 spiro atoms. The van der Waals surface area contributed by atoms with E-state index in [4.69, 9.17) is 24.7 Å². The summed E-state index contributed by atoms with van der Waals surface area (Å²) in [7, 11) is 5.25. The molecule has 0 bridgehead atoms. The Labute approximate surface area is 188 Å². The number of benzene rings is 2. The number of anilines is 4. The molecule has 0 unspecified atom stereocenters. The molecule has 1 aromatic heterocycles. The molecule has 3 rings (SSSR count). The summed E-state index contributed by atoms with van der Waals surface area (Å²) in [5, 5.41) is 0. The van der Waals surface area contributed by atoms with Crippen molar-refractivity contribution in [2.24, 2.45) is 0 Å². The maximum absolute atomic E-state index is 14.9. The van der Waals surface area contributed by atoms with Gasteiger partial charge in [-0.3, -0.25) is 4.90 Å². The summed E-state index contributed by atoms with van der Waals surface area (Å²) in [5.41, 5.74) is 6.49. The Morgan fingerprint density at radius 2 is 1.36 bits per heavy atom. The molecule has 0 aliphatic rings. The number of hydrogen-bond donors (Lipinski definition) is 1. The zero-order valence-electron chi connectivity index (χ0n) is 18.3. The van der Waals surface area contributed by atoms with Gasteiger partial charge in [-0.05, 0) is 36.4 Å². The highest BCUT2D eigenvalue weighted by Gasteiger charge is 2.24. The fraction of sp³-hybridized carbons (Fsp3) is 0.182. The van der Waals surface area contributed by atoms with E-state index in [-0.39, 0.29) is 34.4 Å². The van der Waals surface area contributed by atoms with Gasteiger partial charge in [0.2, 0.25) is 5.95 Å². The van der Waals surface area contributed by atoms with Crippen LogP contribution in [0.2, 0.25) is 0 Å². The van der Waals surface area contributed by atoms with Crippen LogP contribution in [0.1, 0.15) is 20.7 Å². The zero-order valence-corrected chi connectivity index (χ0v) is 18.3. The molecule has 0 fully saturated rings. The molecular weight excluding hydrogens is 435 g/mol. The van der Waals surface area contributed by atoms with Crippen molar-refractivity contribution in [2.75, 3.05) is 39.1 Å². The number of nitrogens with zero attached hydrogens (tertiary/aromatic N) is 3. The van der Waals surface area contributed by atoms with E-state index < -0.39 is 17.8 Å². The second-order valence-corrected chi connectivity index (χ2v) is 6.49. The van der Waals surface area contributed by atoms with Crippen LogP contribution in [0, 0.1) is 5.82 Å². The molecule has 33 heavy (non-hydrogen) atoms. The second-order valence-electron chi connectivity index (χ2n) is 6.49. The summed E-state index contributed by atoms with van der Waals surface area (Å²) in [6.45, 7) is 0. The number of rotatable bonds is 7. The van der Waals surface area contributed by atoms with Gasteiger partial charge in [0.1, 0.15) is 22.6 Å². The zero-order chi connectivity index (χ0) is 24.1. The molecule has 0 saturated heterocycles. The highest BCUT2D eigenvalue weighted by atomic mass is 19.1. The molecule has 0 atom stereocenters. The molecule has 0 amide bonds. The lowest BCUT2D eigenvalue weighted by Gasteiger charge is -2.26. The van der Waals surface area contributed by atoms with Gasteiger partial charge in [-0.1, -0.05) is 0 Å². The van der Waals surface area contributed by atoms with Crippen molar-refractivity contribution in [3.63, 3.8) is 0 Å². The fourth-order valence-corrected chi connectivity index (χ4v) is 3.13. The van der Waals surface area contributed by atoms with Crippen LogP contribution < -0.4 is 20.1 Å². The number of nitrogens with two attached hydrogens (primary N) is 1. The third-order valence-electron chi connectivity index (χ3n) is 4.65. The van der Waals surface area contributed by atoms with Gasteiger partial charge in [0.25, 0.3) is 0 Å². The van der Waals surface area contributed by atoms with Crippen LogP contribution in [-0.2, 0) is 9.47 Å². The monoisotopic (exact) mass is 456 g/mol. The molecule has 1 heterocycles. The Balaban J connectivity index is 2.31. The van der Waals surface area contributed by atoms with Crippen LogP contribution in [0.3, 0.4) is 0 Å². The number of methoxy groups -OCH3 is 4. The average Bonchev–Trinajstić information content (AvgIpc) is 2.85. The number of halogens is 1. The highest BCUT2D eigenvalue weighted by Crippen LogP contribution is 2.39. The van der Waals surface area contributed by atoms with Crippen molar-refractivity contribution in [2.45, 2.75) is 0 Å². The van der Waals surface area contributed by atoms with Crippen LogP contribution in [0.5, 0.6) is 11.5 Å². The van der Waals surface area contributed by atoms with E-state index in [9.17, 15) is 14.0 Å². The van der Waals surface area contributed by atoms with E-state index in [2.05, 4.69) is 9.97 Å². The minimum atomic E-state index is -0.796. The van der Waals surface area contributed by atoms with Crippen molar-refractivity contribution in [1.29, 1.82) is 0 Å². The van der Waals surface area contributed by atoms with Crippen LogP contribution in [0.25, 0.3) is 0 Å². The molecule has 0 aliphatic heterocycles. The summed E-state index contributed by atoms with van der Waals surface area (Å²) >= 11 is 0. The normalized spacial score (nSPS) is 10.3. The van der Waals surface area contributed by atoms with Crippen LogP contribution in [-0.4, -0.2) is 50.3 Å². The predicted molar refractivity (Wildman–Crippen MR) is 117 cm³/mol. The lowest BCUT2D eigenvalue weighted by molar-refractivity contribution is 0.0588. The number of aromatic nitrogens is 2. The summed E-state index contributed by atoms with van der Waals surface area (Å²) in [5.74, 6) is -2.03. The first-order valence-electron chi connectivity index (χ1n) is 9.45. The van der Waals surface area contributed by atoms with Crippen LogP contribution in [0.4, 0.5) is 27.5 Å². The smallest absolute Gasteiger partial charge is 0.341 e. The predicted octanol–water partition coefficient (Wildman–Crippen LogP) is 3.26. The van der Waals surface area contributed by atoms with Gasteiger partial charge in [-0.2, -0.15) is 4.98 Å². The third-order valence-corrected chi connectivity index (χ3v) is 4.65. The van der Waals surface area contributed by atoms with Gasteiger partial charge < -0.3 is 24.7 Å². The number of carbonyl (C=O) groups is 2. The maximum atomic E-state index is 14.9. The largest absolute Gasteiger partial charge is 0.496 e. The van der Waals surface area contributed by atoms with Gasteiger partial charge in [-0.15, -0.1) is 0 Å². The molecule has 172 valence electrons. The number of ether oxygens (including phenoxy) is 4. The first-order chi connectivity index (χ1) is 15.8.